The molecule has 0 amide bonds. The summed E-state index contributed by atoms with van der Waals surface area (Å²) in [7, 11) is -4.38. The number of unbranched alkanes of at least 4 members (excludes halogenated alkanes) is 14. The van der Waals surface area contributed by atoms with E-state index >= 15 is 0 Å². The lowest BCUT2D eigenvalue weighted by Crippen LogP contribution is -2.09. The summed E-state index contributed by atoms with van der Waals surface area (Å²) >= 11 is 0. The number of rotatable bonds is 23. The molecule has 0 saturated carbocycles. The zero-order valence-electron chi connectivity index (χ0n) is 19.0. The quantitative estimate of drug-likeness (QED) is 0.147. The molecule has 7 nitrogen and oxygen atoms in total. The first-order valence-electron chi connectivity index (χ1n) is 11.9. The number of hydrogen-bond donors (Lipinski definition) is 2. The lowest BCUT2D eigenvalue weighted by Gasteiger charge is -2.11. The molecule has 1 atom stereocenters. The van der Waals surface area contributed by atoms with Crippen LogP contribution in [0.25, 0.3) is 0 Å². The molecule has 0 aliphatic rings. The molecule has 180 valence electrons. The Morgan fingerprint density at radius 2 is 1.20 bits per heavy atom. The molecular formula is C22H45O7P. The SMILES string of the molecule is CCCCCCCCCCCCCCCCCC(=O)OP(=O)(O)OCCOCCO. The van der Waals surface area contributed by atoms with Gasteiger partial charge in [0.05, 0.1) is 26.4 Å². The van der Waals surface area contributed by atoms with Gasteiger partial charge in [-0.3, -0.25) is 14.2 Å². The highest BCUT2D eigenvalue weighted by molar-refractivity contribution is 7.48. The van der Waals surface area contributed by atoms with Crippen LogP contribution in [0.2, 0.25) is 0 Å². The number of phosphoric ester groups is 1. The Labute approximate surface area is 183 Å². The Hall–Kier alpha value is -0.460. The highest BCUT2D eigenvalue weighted by Crippen LogP contribution is 2.43. The van der Waals surface area contributed by atoms with Crippen LogP contribution in [-0.4, -0.2) is 42.4 Å². The van der Waals surface area contributed by atoms with Crippen molar-refractivity contribution in [2.24, 2.45) is 0 Å². The molecule has 0 fully saturated rings. The summed E-state index contributed by atoms with van der Waals surface area (Å²) in [6, 6.07) is 0. The maximum atomic E-state index is 11.6. The van der Waals surface area contributed by atoms with Crippen molar-refractivity contribution >= 4 is 13.8 Å². The van der Waals surface area contributed by atoms with Gasteiger partial charge in [0.2, 0.25) is 0 Å². The zero-order chi connectivity index (χ0) is 22.3. The number of phosphoric acid groups is 1. The molecule has 0 rings (SSSR count). The normalized spacial score (nSPS) is 13.3. The maximum Gasteiger partial charge on any atom is 0.529 e. The molecule has 0 bridgehead atoms. The number of aliphatic hydroxyl groups excluding tert-OH is 1. The van der Waals surface area contributed by atoms with Crippen molar-refractivity contribution < 1.29 is 33.1 Å². The minimum absolute atomic E-state index is 0.0434. The van der Waals surface area contributed by atoms with E-state index in [0.717, 1.165) is 12.8 Å². The van der Waals surface area contributed by atoms with E-state index in [2.05, 4.69) is 16.0 Å². The van der Waals surface area contributed by atoms with Crippen molar-refractivity contribution in [1.82, 2.24) is 0 Å². The van der Waals surface area contributed by atoms with Gasteiger partial charge in [-0.05, 0) is 6.42 Å². The van der Waals surface area contributed by atoms with E-state index in [1.54, 1.807) is 0 Å². The van der Waals surface area contributed by atoms with E-state index in [1.807, 2.05) is 0 Å². The van der Waals surface area contributed by atoms with Crippen molar-refractivity contribution in [3.8, 4) is 0 Å². The minimum atomic E-state index is -4.38. The van der Waals surface area contributed by atoms with Crippen molar-refractivity contribution in [2.75, 3.05) is 26.4 Å². The smallest absolute Gasteiger partial charge is 0.394 e. The summed E-state index contributed by atoms with van der Waals surface area (Å²) in [5.74, 6) is -0.716. The average Bonchev–Trinajstić information content (AvgIpc) is 2.70. The molecule has 0 aromatic carbocycles. The average molecular weight is 453 g/mol. The van der Waals surface area contributed by atoms with Gasteiger partial charge < -0.3 is 14.4 Å². The van der Waals surface area contributed by atoms with Crippen molar-refractivity contribution in [2.45, 2.75) is 110 Å². The predicted octanol–water partition coefficient (Wildman–Crippen LogP) is 5.92. The molecule has 0 spiro atoms. The van der Waals surface area contributed by atoms with Gasteiger partial charge >= 0.3 is 13.8 Å². The Morgan fingerprint density at radius 1 is 0.733 bits per heavy atom. The first kappa shape index (κ1) is 29.5. The number of carbonyl (C=O) groups is 1. The summed E-state index contributed by atoms with van der Waals surface area (Å²) < 4.78 is 25.6. The molecule has 0 aromatic heterocycles. The Balaban J connectivity index is 3.39. The lowest BCUT2D eigenvalue weighted by molar-refractivity contribution is -0.136. The van der Waals surface area contributed by atoms with Crippen molar-refractivity contribution in [3.05, 3.63) is 0 Å². The predicted molar refractivity (Wildman–Crippen MR) is 119 cm³/mol. The van der Waals surface area contributed by atoms with E-state index < -0.39 is 13.8 Å². The second-order valence-electron chi connectivity index (χ2n) is 7.80. The molecule has 30 heavy (non-hydrogen) atoms. The first-order chi connectivity index (χ1) is 14.5. The molecule has 0 aliphatic heterocycles. The standard InChI is InChI=1S/C22H45O7P/c1-2-3-4-5-6-7-8-9-10-11-12-13-14-15-16-17-22(24)29-30(25,26)28-21-20-27-19-18-23/h23H,2-21H2,1H3,(H,25,26). The summed E-state index contributed by atoms with van der Waals surface area (Å²) in [6.45, 7) is 2.10. The fraction of sp³-hybridized carbons (Fsp3) is 0.955. The van der Waals surface area contributed by atoms with Gasteiger partial charge in [-0.15, -0.1) is 0 Å². The van der Waals surface area contributed by atoms with Gasteiger partial charge in [0.1, 0.15) is 0 Å². The third-order valence-corrected chi connectivity index (χ3v) is 5.86. The Bertz CT molecular complexity index is 432. The van der Waals surface area contributed by atoms with E-state index in [0.29, 0.717) is 6.42 Å². The highest BCUT2D eigenvalue weighted by Gasteiger charge is 2.25. The number of hydrogen-bond acceptors (Lipinski definition) is 6. The summed E-state index contributed by atoms with van der Waals surface area (Å²) in [5.41, 5.74) is 0. The molecule has 0 aliphatic carbocycles. The Kier molecular flexibility index (Phi) is 21.4. The van der Waals surface area contributed by atoms with Crippen LogP contribution in [0.3, 0.4) is 0 Å². The Morgan fingerprint density at radius 3 is 1.67 bits per heavy atom. The third kappa shape index (κ3) is 22.2. The third-order valence-electron chi connectivity index (χ3n) is 4.92. The van der Waals surface area contributed by atoms with Crippen LogP contribution in [0.4, 0.5) is 0 Å². The van der Waals surface area contributed by atoms with E-state index in [4.69, 9.17) is 9.84 Å². The van der Waals surface area contributed by atoms with Gasteiger partial charge in [0.15, 0.2) is 0 Å². The maximum absolute atomic E-state index is 11.6. The number of carbonyl (C=O) groups excluding carboxylic acids is 1. The fourth-order valence-corrected chi connectivity index (χ4v) is 3.93. The zero-order valence-corrected chi connectivity index (χ0v) is 19.9. The van der Waals surface area contributed by atoms with Gasteiger partial charge in [0, 0.05) is 6.42 Å². The topological polar surface area (TPSA) is 102 Å². The second kappa shape index (κ2) is 21.8. The van der Waals surface area contributed by atoms with Crippen LogP contribution in [0, 0.1) is 0 Å². The first-order valence-corrected chi connectivity index (χ1v) is 13.4. The fourth-order valence-electron chi connectivity index (χ4n) is 3.22. The van der Waals surface area contributed by atoms with Gasteiger partial charge in [-0.1, -0.05) is 96.8 Å². The van der Waals surface area contributed by atoms with Crippen molar-refractivity contribution in [1.29, 1.82) is 0 Å². The van der Waals surface area contributed by atoms with Gasteiger partial charge in [-0.25, -0.2) is 4.57 Å². The summed E-state index contributed by atoms with van der Waals surface area (Å²) in [5, 5.41) is 8.54. The molecule has 2 N–H and O–H groups in total. The number of ether oxygens (including phenoxy) is 1. The minimum Gasteiger partial charge on any atom is -0.394 e. The largest absolute Gasteiger partial charge is 0.529 e. The molecule has 0 radical (unpaired) electrons. The highest BCUT2D eigenvalue weighted by atomic mass is 31.2. The molecule has 8 heteroatoms. The molecule has 1 unspecified atom stereocenters. The lowest BCUT2D eigenvalue weighted by atomic mass is 10.0. The van der Waals surface area contributed by atoms with Crippen LogP contribution in [0.1, 0.15) is 110 Å². The van der Waals surface area contributed by atoms with Gasteiger partial charge in [-0.2, -0.15) is 0 Å². The van der Waals surface area contributed by atoms with E-state index in [9.17, 15) is 14.3 Å². The van der Waals surface area contributed by atoms with Crippen molar-refractivity contribution in [3.63, 3.8) is 0 Å². The molecule has 0 saturated heterocycles. The van der Waals surface area contributed by atoms with E-state index in [1.165, 1.54) is 77.0 Å². The monoisotopic (exact) mass is 452 g/mol. The van der Waals surface area contributed by atoms with Crippen LogP contribution in [0.15, 0.2) is 0 Å². The second-order valence-corrected chi connectivity index (χ2v) is 9.18. The number of aliphatic hydroxyl groups is 1. The van der Waals surface area contributed by atoms with E-state index in [-0.39, 0.29) is 32.8 Å². The molecule has 0 heterocycles. The van der Waals surface area contributed by atoms with Gasteiger partial charge in [0.25, 0.3) is 0 Å². The summed E-state index contributed by atoms with van der Waals surface area (Å²) in [4.78, 5) is 21.1. The van der Waals surface area contributed by atoms with Crippen LogP contribution in [-0.2, 0) is 23.1 Å². The summed E-state index contributed by atoms with van der Waals surface area (Å²) in [6.07, 6.45) is 18.7. The molecular weight excluding hydrogens is 407 g/mol. The van der Waals surface area contributed by atoms with Crippen LogP contribution >= 0.6 is 7.82 Å². The van der Waals surface area contributed by atoms with Crippen LogP contribution in [0.5, 0.6) is 0 Å². The van der Waals surface area contributed by atoms with Crippen LogP contribution < -0.4 is 0 Å². The molecule has 0 aromatic rings.